The molecule has 0 amide bonds. The maximum absolute atomic E-state index is 4.70. The SMILES string of the molecule is CCc1ccc(-c2nc3c(C)cc(Br)cc3[nH]2)cc1. The van der Waals surface area contributed by atoms with Gasteiger partial charge in [-0.15, -0.1) is 0 Å². The molecule has 0 spiro atoms. The van der Waals surface area contributed by atoms with Crippen LogP contribution in [0.5, 0.6) is 0 Å². The van der Waals surface area contributed by atoms with Crippen LogP contribution in [-0.4, -0.2) is 9.97 Å². The van der Waals surface area contributed by atoms with Crippen LogP contribution in [0.3, 0.4) is 0 Å². The van der Waals surface area contributed by atoms with Crippen molar-refractivity contribution in [1.82, 2.24) is 9.97 Å². The van der Waals surface area contributed by atoms with E-state index < -0.39 is 0 Å². The summed E-state index contributed by atoms with van der Waals surface area (Å²) >= 11 is 3.52. The lowest BCUT2D eigenvalue weighted by atomic mass is 10.1. The summed E-state index contributed by atoms with van der Waals surface area (Å²) in [5.74, 6) is 0.929. The molecule has 0 saturated carbocycles. The minimum Gasteiger partial charge on any atom is -0.338 e. The van der Waals surface area contributed by atoms with Gasteiger partial charge in [-0.3, -0.25) is 0 Å². The highest BCUT2D eigenvalue weighted by Crippen LogP contribution is 2.26. The van der Waals surface area contributed by atoms with E-state index in [0.717, 1.165) is 33.3 Å². The third-order valence-electron chi connectivity index (χ3n) is 3.38. The molecule has 0 bridgehead atoms. The molecule has 1 aromatic heterocycles. The summed E-state index contributed by atoms with van der Waals surface area (Å²) in [6, 6.07) is 12.7. The van der Waals surface area contributed by atoms with Crippen LogP contribution < -0.4 is 0 Å². The monoisotopic (exact) mass is 314 g/mol. The maximum Gasteiger partial charge on any atom is 0.138 e. The predicted molar refractivity (Wildman–Crippen MR) is 83.3 cm³/mol. The number of benzene rings is 2. The van der Waals surface area contributed by atoms with Crippen LogP contribution in [-0.2, 0) is 6.42 Å². The average Bonchev–Trinajstić information content (AvgIpc) is 2.83. The fraction of sp³-hybridized carbons (Fsp3) is 0.188. The number of nitrogens with zero attached hydrogens (tertiary/aromatic N) is 1. The third kappa shape index (κ3) is 2.30. The van der Waals surface area contributed by atoms with Gasteiger partial charge in [0, 0.05) is 10.0 Å². The number of rotatable bonds is 2. The summed E-state index contributed by atoms with van der Waals surface area (Å²) in [6.45, 7) is 4.25. The van der Waals surface area contributed by atoms with Crippen molar-refractivity contribution in [3.8, 4) is 11.4 Å². The molecule has 0 radical (unpaired) electrons. The van der Waals surface area contributed by atoms with Crippen LogP contribution >= 0.6 is 15.9 Å². The van der Waals surface area contributed by atoms with Crippen LogP contribution in [0.2, 0.25) is 0 Å². The van der Waals surface area contributed by atoms with Gasteiger partial charge in [0.15, 0.2) is 0 Å². The van der Waals surface area contributed by atoms with Gasteiger partial charge in [-0.25, -0.2) is 4.98 Å². The lowest BCUT2D eigenvalue weighted by Crippen LogP contribution is -1.83. The molecule has 2 aromatic carbocycles. The van der Waals surface area contributed by atoms with E-state index in [4.69, 9.17) is 4.98 Å². The van der Waals surface area contributed by atoms with Gasteiger partial charge in [-0.05, 0) is 36.6 Å². The Bertz CT molecular complexity index is 726. The molecule has 0 fully saturated rings. The van der Waals surface area contributed by atoms with Gasteiger partial charge in [-0.1, -0.05) is 47.1 Å². The average molecular weight is 315 g/mol. The summed E-state index contributed by atoms with van der Waals surface area (Å²) in [6.07, 6.45) is 1.06. The molecule has 0 saturated heterocycles. The number of H-pyrrole nitrogens is 1. The highest BCUT2D eigenvalue weighted by atomic mass is 79.9. The number of aromatic nitrogens is 2. The van der Waals surface area contributed by atoms with E-state index in [2.05, 4.69) is 71.2 Å². The second-order valence-corrected chi connectivity index (χ2v) is 5.67. The van der Waals surface area contributed by atoms with Gasteiger partial charge < -0.3 is 4.98 Å². The number of imidazole rings is 1. The van der Waals surface area contributed by atoms with Crippen LogP contribution in [0.1, 0.15) is 18.1 Å². The van der Waals surface area contributed by atoms with Crippen molar-refractivity contribution in [3.05, 3.63) is 52.0 Å². The number of aromatic amines is 1. The molecule has 3 heteroatoms. The molecule has 0 atom stereocenters. The van der Waals surface area contributed by atoms with Crippen molar-refractivity contribution in [1.29, 1.82) is 0 Å². The Hall–Kier alpha value is -1.61. The minimum atomic E-state index is 0.929. The van der Waals surface area contributed by atoms with E-state index in [0.29, 0.717) is 0 Å². The summed E-state index contributed by atoms with van der Waals surface area (Å²) in [5.41, 5.74) is 5.76. The van der Waals surface area contributed by atoms with Crippen molar-refractivity contribution >= 4 is 27.0 Å². The number of hydrogen-bond acceptors (Lipinski definition) is 1. The number of aryl methyl sites for hydroxylation is 2. The Labute approximate surface area is 121 Å². The molecule has 1 heterocycles. The van der Waals surface area contributed by atoms with Crippen molar-refractivity contribution in [2.45, 2.75) is 20.3 Å². The molecule has 0 aliphatic carbocycles. The van der Waals surface area contributed by atoms with Gasteiger partial charge in [0.2, 0.25) is 0 Å². The predicted octanol–water partition coefficient (Wildman–Crippen LogP) is 4.86. The first-order chi connectivity index (χ1) is 9.17. The van der Waals surface area contributed by atoms with Crippen molar-refractivity contribution in [2.24, 2.45) is 0 Å². The molecule has 3 aromatic rings. The third-order valence-corrected chi connectivity index (χ3v) is 3.84. The van der Waals surface area contributed by atoms with E-state index in [1.807, 2.05) is 0 Å². The Morgan fingerprint density at radius 1 is 1.16 bits per heavy atom. The largest absolute Gasteiger partial charge is 0.338 e. The van der Waals surface area contributed by atoms with Gasteiger partial charge in [-0.2, -0.15) is 0 Å². The lowest BCUT2D eigenvalue weighted by Gasteiger charge is -1.98. The number of halogens is 1. The number of fused-ring (bicyclic) bond motifs is 1. The minimum absolute atomic E-state index is 0.929. The van der Waals surface area contributed by atoms with Crippen LogP contribution in [0.15, 0.2) is 40.9 Å². The van der Waals surface area contributed by atoms with E-state index in [1.54, 1.807) is 0 Å². The molecule has 0 aliphatic rings. The van der Waals surface area contributed by atoms with Crippen LogP contribution in [0.4, 0.5) is 0 Å². The fourth-order valence-electron chi connectivity index (χ4n) is 2.28. The molecule has 96 valence electrons. The highest BCUT2D eigenvalue weighted by Gasteiger charge is 2.08. The zero-order valence-corrected chi connectivity index (χ0v) is 12.6. The number of hydrogen-bond donors (Lipinski definition) is 1. The molecule has 19 heavy (non-hydrogen) atoms. The quantitative estimate of drug-likeness (QED) is 0.718. The topological polar surface area (TPSA) is 28.7 Å². The second kappa shape index (κ2) is 4.82. The van der Waals surface area contributed by atoms with Crippen LogP contribution in [0.25, 0.3) is 22.4 Å². The van der Waals surface area contributed by atoms with Gasteiger partial charge in [0.25, 0.3) is 0 Å². The Morgan fingerprint density at radius 3 is 2.58 bits per heavy atom. The maximum atomic E-state index is 4.70. The van der Waals surface area contributed by atoms with E-state index >= 15 is 0 Å². The van der Waals surface area contributed by atoms with Crippen LogP contribution in [0, 0.1) is 6.92 Å². The van der Waals surface area contributed by atoms with E-state index in [1.165, 1.54) is 11.1 Å². The molecular formula is C16H15BrN2. The zero-order chi connectivity index (χ0) is 13.4. The van der Waals surface area contributed by atoms with Crippen molar-refractivity contribution in [3.63, 3.8) is 0 Å². The van der Waals surface area contributed by atoms with E-state index in [-0.39, 0.29) is 0 Å². The first-order valence-electron chi connectivity index (χ1n) is 6.42. The molecule has 2 nitrogen and oxygen atoms in total. The second-order valence-electron chi connectivity index (χ2n) is 4.75. The molecule has 3 rings (SSSR count). The molecule has 1 N–H and O–H groups in total. The summed E-state index contributed by atoms with van der Waals surface area (Å²) in [4.78, 5) is 8.09. The summed E-state index contributed by atoms with van der Waals surface area (Å²) in [7, 11) is 0. The lowest BCUT2D eigenvalue weighted by molar-refractivity contribution is 1.14. The smallest absolute Gasteiger partial charge is 0.138 e. The van der Waals surface area contributed by atoms with Crippen molar-refractivity contribution < 1.29 is 0 Å². The summed E-state index contributed by atoms with van der Waals surface area (Å²) < 4.78 is 1.08. The van der Waals surface area contributed by atoms with Gasteiger partial charge in [0.1, 0.15) is 5.82 Å². The molecule has 0 aliphatic heterocycles. The zero-order valence-electron chi connectivity index (χ0n) is 11.0. The van der Waals surface area contributed by atoms with Gasteiger partial charge in [0.05, 0.1) is 11.0 Å². The van der Waals surface area contributed by atoms with Crippen molar-refractivity contribution in [2.75, 3.05) is 0 Å². The highest BCUT2D eigenvalue weighted by molar-refractivity contribution is 9.10. The first kappa shape index (κ1) is 12.4. The Kier molecular flexibility index (Phi) is 3.15. The Morgan fingerprint density at radius 2 is 1.89 bits per heavy atom. The molecule has 0 unspecified atom stereocenters. The molecular weight excluding hydrogens is 300 g/mol. The fourth-order valence-corrected chi connectivity index (χ4v) is 2.85. The van der Waals surface area contributed by atoms with E-state index in [9.17, 15) is 0 Å². The number of nitrogens with one attached hydrogen (secondary N) is 1. The standard InChI is InChI=1S/C16H15BrN2/c1-3-11-4-6-12(7-5-11)16-18-14-9-13(17)8-10(2)15(14)19-16/h4-9H,3H2,1-2H3,(H,18,19). The first-order valence-corrected chi connectivity index (χ1v) is 7.22. The normalized spacial score (nSPS) is 11.1. The summed E-state index contributed by atoms with van der Waals surface area (Å²) in [5, 5.41) is 0. The Balaban J connectivity index is 2.12. The van der Waals surface area contributed by atoms with Gasteiger partial charge >= 0.3 is 0 Å².